The Morgan fingerprint density at radius 1 is 1.32 bits per heavy atom. The molecule has 0 radical (unpaired) electrons. The lowest BCUT2D eigenvalue weighted by molar-refractivity contribution is 0.0322. The van der Waals surface area contributed by atoms with E-state index in [-0.39, 0.29) is 5.92 Å². The Labute approximate surface area is 119 Å². The van der Waals surface area contributed by atoms with Crippen molar-refractivity contribution in [1.29, 1.82) is 5.26 Å². The normalized spacial score (nSPS) is 35.8. The number of likely N-dealkylation sites (tertiary alicyclic amines) is 1. The summed E-state index contributed by atoms with van der Waals surface area (Å²) in [7, 11) is 0. The Morgan fingerprint density at radius 2 is 2.11 bits per heavy atom. The van der Waals surface area contributed by atoms with Crippen LogP contribution in [0.4, 0.5) is 0 Å². The summed E-state index contributed by atoms with van der Waals surface area (Å²) in [5, 5.41) is 9.46. The standard InChI is InChI=1S/C17H30N2/c1-4-6-14-7-8-15(12-18)16(11-14)19-10-5-9-17(2,3)13-19/h14-16H,4-11,13H2,1-3H3. The second-order valence-electron chi connectivity index (χ2n) is 7.51. The van der Waals surface area contributed by atoms with E-state index in [0.29, 0.717) is 11.5 Å². The number of hydrogen-bond acceptors (Lipinski definition) is 2. The van der Waals surface area contributed by atoms with Gasteiger partial charge in [-0.1, -0.05) is 33.6 Å². The first-order chi connectivity index (χ1) is 9.05. The van der Waals surface area contributed by atoms with Gasteiger partial charge < -0.3 is 0 Å². The van der Waals surface area contributed by atoms with Gasteiger partial charge in [0.2, 0.25) is 0 Å². The smallest absolute Gasteiger partial charge is 0.0672 e. The van der Waals surface area contributed by atoms with Crippen LogP contribution in [0.1, 0.15) is 65.7 Å². The van der Waals surface area contributed by atoms with Gasteiger partial charge in [0.25, 0.3) is 0 Å². The van der Waals surface area contributed by atoms with Gasteiger partial charge in [-0.3, -0.25) is 4.90 Å². The SMILES string of the molecule is CCCC1CCC(C#N)C(N2CCCC(C)(C)C2)C1. The molecule has 0 bridgehead atoms. The van der Waals surface area contributed by atoms with E-state index < -0.39 is 0 Å². The van der Waals surface area contributed by atoms with E-state index in [1.54, 1.807) is 0 Å². The zero-order valence-electron chi connectivity index (χ0n) is 13.0. The van der Waals surface area contributed by atoms with Crippen LogP contribution in [-0.2, 0) is 0 Å². The third kappa shape index (κ3) is 3.72. The maximum Gasteiger partial charge on any atom is 0.0672 e. The molecule has 0 spiro atoms. The molecule has 3 unspecified atom stereocenters. The van der Waals surface area contributed by atoms with Crippen LogP contribution in [0.15, 0.2) is 0 Å². The first-order valence-electron chi connectivity index (χ1n) is 8.19. The lowest BCUT2D eigenvalue weighted by Gasteiger charge is -2.46. The van der Waals surface area contributed by atoms with Crippen LogP contribution >= 0.6 is 0 Å². The number of rotatable bonds is 3. The van der Waals surface area contributed by atoms with Crippen LogP contribution in [0, 0.1) is 28.6 Å². The van der Waals surface area contributed by atoms with E-state index in [9.17, 15) is 5.26 Å². The Kier molecular flexibility index (Phi) is 4.90. The Hall–Kier alpha value is -0.550. The second-order valence-corrected chi connectivity index (χ2v) is 7.51. The van der Waals surface area contributed by atoms with Crippen LogP contribution in [0.5, 0.6) is 0 Å². The molecular formula is C17H30N2. The zero-order valence-corrected chi connectivity index (χ0v) is 13.0. The van der Waals surface area contributed by atoms with Crippen molar-refractivity contribution in [2.24, 2.45) is 17.3 Å². The lowest BCUT2D eigenvalue weighted by atomic mass is 9.74. The number of nitrogens with zero attached hydrogens (tertiary/aromatic N) is 2. The summed E-state index contributed by atoms with van der Waals surface area (Å²) >= 11 is 0. The van der Waals surface area contributed by atoms with Gasteiger partial charge in [-0.15, -0.1) is 0 Å². The predicted octanol–water partition coefficient (Wildman–Crippen LogP) is 4.22. The molecule has 2 heteroatoms. The van der Waals surface area contributed by atoms with Crippen molar-refractivity contribution in [2.75, 3.05) is 13.1 Å². The minimum absolute atomic E-state index is 0.280. The van der Waals surface area contributed by atoms with Crippen molar-refractivity contribution in [2.45, 2.75) is 71.8 Å². The van der Waals surface area contributed by atoms with Gasteiger partial charge in [-0.2, -0.15) is 5.26 Å². The molecular weight excluding hydrogens is 232 g/mol. The summed E-state index contributed by atoms with van der Waals surface area (Å²) in [5.74, 6) is 1.15. The molecule has 0 amide bonds. The molecule has 0 aromatic carbocycles. The fourth-order valence-corrected chi connectivity index (χ4v) is 4.21. The molecule has 2 aliphatic rings. The molecule has 2 nitrogen and oxygen atoms in total. The lowest BCUT2D eigenvalue weighted by Crippen LogP contribution is -2.50. The number of piperidine rings is 1. The van der Waals surface area contributed by atoms with Gasteiger partial charge in [0.05, 0.1) is 12.0 Å². The summed E-state index contributed by atoms with van der Waals surface area (Å²) in [6.45, 7) is 9.45. The summed E-state index contributed by atoms with van der Waals surface area (Å²) in [6, 6.07) is 3.14. The highest BCUT2D eigenvalue weighted by atomic mass is 15.2. The van der Waals surface area contributed by atoms with E-state index in [1.165, 1.54) is 51.6 Å². The molecule has 0 aromatic rings. The van der Waals surface area contributed by atoms with E-state index in [4.69, 9.17) is 0 Å². The van der Waals surface area contributed by atoms with E-state index >= 15 is 0 Å². The van der Waals surface area contributed by atoms with E-state index in [1.807, 2.05) is 0 Å². The van der Waals surface area contributed by atoms with Crippen molar-refractivity contribution in [3.05, 3.63) is 0 Å². The van der Waals surface area contributed by atoms with E-state index in [0.717, 1.165) is 12.3 Å². The van der Waals surface area contributed by atoms with Gasteiger partial charge in [0.1, 0.15) is 0 Å². The maximum atomic E-state index is 9.46. The average molecular weight is 262 g/mol. The topological polar surface area (TPSA) is 27.0 Å². The number of hydrogen-bond donors (Lipinski definition) is 0. The summed E-state index contributed by atoms with van der Waals surface area (Å²) in [5.41, 5.74) is 0.440. The highest BCUT2D eigenvalue weighted by Crippen LogP contribution is 2.38. The van der Waals surface area contributed by atoms with Gasteiger partial charge in [-0.25, -0.2) is 0 Å². The molecule has 1 aliphatic carbocycles. The molecule has 1 aliphatic heterocycles. The van der Waals surface area contributed by atoms with Crippen molar-refractivity contribution in [3.63, 3.8) is 0 Å². The third-order valence-corrected chi connectivity index (χ3v) is 5.19. The van der Waals surface area contributed by atoms with Crippen molar-refractivity contribution in [3.8, 4) is 6.07 Å². The van der Waals surface area contributed by atoms with Crippen molar-refractivity contribution in [1.82, 2.24) is 4.90 Å². The van der Waals surface area contributed by atoms with E-state index in [2.05, 4.69) is 31.7 Å². The number of nitriles is 1. The maximum absolute atomic E-state index is 9.46. The Balaban J connectivity index is 2.03. The molecule has 108 valence electrons. The summed E-state index contributed by atoms with van der Waals surface area (Å²) in [4.78, 5) is 2.65. The second kappa shape index (κ2) is 6.27. The van der Waals surface area contributed by atoms with Gasteiger partial charge in [0.15, 0.2) is 0 Å². The fourth-order valence-electron chi connectivity index (χ4n) is 4.21. The third-order valence-electron chi connectivity index (χ3n) is 5.19. The van der Waals surface area contributed by atoms with Gasteiger partial charge in [-0.05, 0) is 50.0 Å². The molecule has 1 saturated heterocycles. The van der Waals surface area contributed by atoms with Crippen molar-refractivity contribution < 1.29 is 0 Å². The fraction of sp³-hybridized carbons (Fsp3) is 0.941. The largest absolute Gasteiger partial charge is 0.299 e. The van der Waals surface area contributed by atoms with Crippen LogP contribution in [0.25, 0.3) is 0 Å². The molecule has 1 saturated carbocycles. The molecule has 0 aromatic heterocycles. The molecule has 0 N–H and O–H groups in total. The molecule has 1 heterocycles. The van der Waals surface area contributed by atoms with Crippen molar-refractivity contribution >= 4 is 0 Å². The van der Waals surface area contributed by atoms with Crippen LogP contribution in [-0.4, -0.2) is 24.0 Å². The first-order valence-corrected chi connectivity index (χ1v) is 8.19. The molecule has 3 atom stereocenters. The quantitative estimate of drug-likeness (QED) is 0.761. The predicted molar refractivity (Wildman–Crippen MR) is 79.7 cm³/mol. The van der Waals surface area contributed by atoms with Crippen LogP contribution < -0.4 is 0 Å². The molecule has 19 heavy (non-hydrogen) atoms. The van der Waals surface area contributed by atoms with Crippen LogP contribution in [0.3, 0.4) is 0 Å². The first kappa shape index (κ1) is 14.9. The zero-order chi connectivity index (χ0) is 13.9. The molecule has 2 fully saturated rings. The minimum Gasteiger partial charge on any atom is -0.299 e. The average Bonchev–Trinajstić information content (AvgIpc) is 2.38. The summed E-state index contributed by atoms with van der Waals surface area (Å²) in [6.07, 6.45) is 8.96. The van der Waals surface area contributed by atoms with Gasteiger partial charge in [0, 0.05) is 12.6 Å². The molecule has 2 rings (SSSR count). The Morgan fingerprint density at radius 3 is 2.74 bits per heavy atom. The highest BCUT2D eigenvalue weighted by Gasteiger charge is 2.37. The summed E-state index contributed by atoms with van der Waals surface area (Å²) < 4.78 is 0. The monoisotopic (exact) mass is 262 g/mol. The minimum atomic E-state index is 0.280. The van der Waals surface area contributed by atoms with Gasteiger partial charge >= 0.3 is 0 Å². The highest BCUT2D eigenvalue weighted by molar-refractivity contribution is 4.99. The Bertz CT molecular complexity index is 329. The van der Waals surface area contributed by atoms with Crippen LogP contribution in [0.2, 0.25) is 0 Å².